The highest BCUT2D eigenvalue weighted by atomic mass is 32.2. The van der Waals surface area contributed by atoms with Crippen molar-refractivity contribution >= 4 is 21.8 Å². The lowest BCUT2D eigenvalue weighted by atomic mass is 10.1. The van der Waals surface area contributed by atoms with Crippen molar-refractivity contribution in [3.8, 4) is 23.3 Å². The van der Waals surface area contributed by atoms with Gasteiger partial charge in [-0.1, -0.05) is 0 Å². The van der Waals surface area contributed by atoms with Crippen molar-refractivity contribution in [3.63, 3.8) is 0 Å². The lowest BCUT2D eigenvalue weighted by molar-refractivity contribution is 0.324. The molecule has 0 aliphatic carbocycles. The average molecular weight is 392 g/mol. The number of anilines is 1. The van der Waals surface area contributed by atoms with Crippen LogP contribution >= 0.6 is 0 Å². The third kappa shape index (κ3) is 4.68. The molecule has 2 rings (SSSR count). The second-order valence-electron chi connectivity index (χ2n) is 5.19. The molecule has 0 amide bonds. The van der Waals surface area contributed by atoms with Gasteiger partial charge in [-0.25, -0.2) is 12.8 Å². The van der Waals surface area contributed by atoms with Gasteiger partial charge < -0.3 is 14.2 Å². The summed E-state index contributed by atoms with van der Waals surface area (Å²) in [5.41, 5.74) is 0.480. The fourth-order valence-corrected chi connectivity index (χ4v) is 3.20. The molecule has 0 radical (unpaired) electrons. The summed E-state index contributed by atoms with van der Waals surface area (Å²) in [6.45, 7) is 0. The highest BCUT2D eigenvalue weighted by Gasteiger charge is 2.19. The second-order valence-corrected chi connectivity index (χ2v) is 6.84. The standard InChI is InChI=1S/C18H17FN2O5S/c1-24-16-9-12(10-17(25-2)18(16)26-3)8-15(11-20)27(22,23)21-14-6-4-13(19)5-7-14/h4-10,21H,1-3H3/b15-8-. The van der Waals surface area contributed by atoms with Gasteiger partial charge in [0.15, 0.2) is 16.4 Å². The first-order chi connectivity index (χ1) is 12.8. The highest BCUT2D eigenvalue weighted by Crippen LogP contribution is 2.38. The van der Waals surface area contributed by atoms with Crippen LogP contribution < -0.4 is 18.9 Å². The van der Waals surface area contributed by atoms with Gasteiger partial charge in [-0.2, -0.15) is 5.26 Å². The lowest BCUT2D eigenvalue weighted by Gasteiger charge is -2.13. The molecule has 0 atom stereocenters. The Labute approximate surface area is 156 Å². The fraction of sp³-hybridized carbons (Fsp3) is 0.167. The number of nitrogens with zero attached hydrogens (tertiary/aromatic N) is 1. The Morgan fingerprint density at radius 3 is 2.07 bits per heavy atom. The molecule has 0 bridgehead atoms. The molecular formula is C18H17FN2O5S. The van der Waals surface area contributed by atoms with E-state index in [2.05, 4.69) is 4.72 Å². The van der Waals surface area contributed by atoms with Crippen LogP contribution in [0.15, 0.2) is 41.3 Å². The molecule has 0 unspecified atom stereocenters. The van der Waals surface area contributed by atoms with Gasteiger partial charge in [0.1, 0.15) is 11.9 Å². The summed E-state index contributed by atoms with van der Waals surface area (Å²) in [4.78, 5) is -0.541. The molecule has 142 valence electrons. The van der Waals surface area contributed by atoms with Gasteiger partial charge in [0, 0.05) is 5.69 Å². The zero-order chi connectivity index (χ0) is 20.0. The van der Waals surface area contributed by atoms with Gasteiger partial charge in [0.05, 0.1) is 21.3 Å². The summed E-state index contributed by atoms with van der Waals surface area (Å²) < 4.78 is 55.7. The summed E-state index contributed by atoms with van der Waals surface area (Å²) in [7, 11) is 0.100. The molecule has 0 fully saturated rings. The van der Waals surface area contributed by atoms with Gasteiger partial charge in [0.25, 0.3) is 10.0 Å². The maximum atomic E-state index is 13.0. The van der Waals surface area contributed by atoms with E-state index in [9.17, 15) is 18.1 Å². The zero-order valence-electron chi connectivity index (χ0n) is 14.8. The number of methoxy groups -OCH3 is 3. The molecule has 0 heterocycles. The number of sulfonamides is 1. The number of nitrogens with one attached hydrogen (secondary N) is 1. The molecule has 1 N–H and O–H groups in total. The van der Waals surface area contributed by atoms with Crippen molar-refractivity contribution in [2.24, 2.45) is 0 Å². The molecule has 9 heteroatoms. The SMILES string of the molecule is COc1cc(/C=C(/C#N)S(=O)(=O)Nc2ccc(F)cc2)cc(OC)c1OC. The summed E-state index contributed by atoms with van der Waals surface area (Å²) in [5.74, 6) is 0.447. The van der Waals surface area contributed by atoms with Crippen LogP contribution in [-0.2, 0) is 10.0 Å². The van der Waals surface area contributed by atoms with Crippen molar-refractivity contribution in [2.75, 3.05) is 26.1 Å². The normalized spacial score (nSPS) is 11.4. The largest absolute Gasteiger partial charge is 0.493 e. The van der Waals surface area contributed by atoms with Crippen molar-refractivity contribution in [1.82, 2.24) is 0 Å². The van der Waals surface area contributed by atoms with Crippen molar-refractivity contribution in [3.05, 3.63) is 52.7 Å². The Hall–Kier alpha value is -3.25. The molecule has 7 nitrogen and oxygen atoms in total. The summed E-state index contributed by atoms with van der Waals surface area (Å²) >= 11 is 0. The Morgan fingerprint density at radius 1 is 1.07 bits per heavy atom. The number of rotatable bonds is 7. The van der Waals surface area contributed by atoms with Crippen LogP contribution in [0.4, 0.5) is 10.1 Å². The van der Waals surface area contributed by atoms with Gasteiger partial charge >= 0.3 is 0 Å². The van der Waals surface area contributed by atoms with E-state index in [0.29, 0.717) is 22.8 Å². The number of ether oxygens (including phenoxy) is 3. The van der Waals surface area contributed by atoms with Crippen LogP contribution in [0.25, 0.3) is 6.08 Å². The van der Waals surface area contributed by atoms with E-state index in [-0.39, 0.29) is 5.69 Å². The molecule has 27 heavy (non-hydrogen) atoms. The number of allylic oxidation sites excluding steroid dienone is 1. The van der Waals surface area contributed by atoms with Crippen molar-refractivity contribution in [1.29, 1.82) is 5.26 Å². The smallest absolute Gasteiger partial charge is 0.272 e. The minimum absolute atomic E-state index is 0.127. The number of nitriles is 1. The Balaban J connectivity index is 2.45. The molecule has 0 saturated heterocycles. The van der Waals surface area contributed by atoms with Crippen LogP contribution in [0.5, 0.6) is 17.2 Å². The Kier molecular flexibility index (Phi) is 6.26. The maximum Gasteiger partial charge on any atom is 0.272 e. The van der Waals surface area contributed by atoms with E-state index in [1.807, 2.05) is 0 Å². The monoisotopic (exact) mass is 392 g/mol. The van der Waals surface area contributed by atoms with E-state index in [1.165, 1.54) is 45.6 Å². The minimum atomic E-state index is -4.18. The molecule has 2 aromatic rings. The maximum absolute atomic E-state index is 13.0. The van der Waals surface area contributed by atoms with Crippen molar-refractivity contribution < 1.29 is 27.0 Å². The molecule has 0 aliphatic heterocycles. The highest BCUT2D eigenvalue weighted by molar-refractivity contribution is 7.96. The van der Waals surface area contributed by atoms with E-state index < -0.39 is 20.7 Å². The van der Waals surface area contributed by atoms with E-state index in [1.54, 1.807) is 6.07 Å². The van der Waals surface area contributed by atoms with Gasteiger partial charge in [-0.05, 0) is 48.0 Å². The van der Waals surface area contributed by atoms with Crippen LogP contribution in [0.3, 0.4) is 0 Å². The van der Waals surface area contributed by atoms with Gasteiger partial charge in [-0.15, -0.1) is 0 Å². The third-order valence-electron chi connectivity index (χ3n) is 3.48. The van der Waals surface area contributed by atoms with Crippen LogP contribution in [0, 0.1) is 17.1 Å². The quantitative estimate of drug-likeness (QED) is 0.727. The third-order valence-corrected chi connectivity index (χ3v) is 4.77. The first-order valence-corrected chi connectivity index (χ1v) is 9.03. The topological polar surface area (TPSA) is 97.7 Å². The van der Waals surface area contributed by atoms with Crippen molar-refractivity contribution in [2.45, 2.75) is 0 Å². The molecule has 0 aromatic heterocycles. The lowest BCUT2D eigenvalue weighted by Crippen LogP contribution is -2.14. The number of hydrogen-bond donors (Lipinski definition) is 1. The zero-order valence-corrected chi connectivity index (χ0v) is 15.6. The number of hydrogen-bond acceptors (Lipinski definition) is 6. The molecule has 0 saturated carbocycles. The van der Waals surface area contributed by atoms with E-state index >= 15 is 0 Å². The minimum Gasteiger partial charge on any atom is -0.493 e. The number of halogens is 1. The number of benzene rings is 2. The second kappa shape index (κ2) is 8.42. The molecule has 0 spiro atoms. The first kappa shape index (κ1) is 20.1. The predicted molar refractivity (Wildman–Crippen MR) is 98.6 cm³/mol. The van der Waals surface area contributed by atoms with Crippen LogP contribution in [0.1, 0.15) is 5.56 Å². The van der Waals surface area contributed by atoms with Gasteiger partial charge in [-0.3, -0.25) is 4.72 Å². The molecule has 2 aromatic carbocycles. The van der Waals surface area contributed by atoms with E-state index in [4.69, 9.17) is 14.2 Å². The van der Waals surface area contributed by atoms with Crippen LogP contribution in [0.2, 0.25) is 0 Å². The van der Waals surface area contributed by atoms with Crippen LogP contribution in [-0.4, -0.2) is 29.7 Å². The fourth-order valence-electron chi connectivity index (χ4n) is 2.23. The van der Waals surface area contributed by atoms with E-state index in [0.717, 1.165) is 18.2 Å². The first-order valence-electron chi connectivity index (χ1n) is 7.54. The predicted octanol–water partition coefficient (Wildman–Crippen LogP) is 3.16. The Bertz CT molecular complexity index is 970. The Morgan fingerprint density at radius 2 is 1.63 bits per heavy atom. The summed E-state index contributed by atoms with van der Waals surface area (Å²) in [5, 5.41) is 9.31. The molecule has 0 aliphatic rings. The molecular weight excluding hydrogens is 375 g/mol. The average Bonchev–Trinajstić information content (AvgIpc) is 2.66. The van der Waals surface area contributed by atoms with Gasteiger partial charge in [0.2, 0.25) is 5.75 Å². The summed E-state index contributed by atoms with van der Waals surface area (Å²) in [6, 6.07) is 9.37. The summed E-state index contributed by atoms with van der Waals surface area (Å²) in [6.07, 6.45) is 1.16.